The number of rotatable bonds is 7. The van der Waals surface area contributed by atoms with Crippen molar-refractivity contribution >= 4 is 46.4 Å². The Morgan fingerprint density at radius 2 is 1.81 bits per heavy atom. The van der Waals surface area contributed by atoms with Crippen LogP contribution < -0.4 is 10.6 Å². The van der Waals surface area contributed by atoms with Gasteiger partial charge in [0.2, 0.25) is 0 Å². The maximum atomic E-state index is 12.6. The number of nitrogens with one attached hydrogen (secondary N) is 2. The fourth-order valence-corrected chi connectivity index (χ4v) is 2.81. The third-order valence-electron chi connectivity index (χ3n) is 4.21. The van der Waals surface area contributed by atoms with Crippen LogP contribution in [0.3, 0.4) is 0 Å². The maximum Gasteiger partial charge on any atom is 0.341 e. The first-order valence-electron chi connectivity index (χ1n) is 9.16. The lowest BCUT2D eigenvalue weighted by atomic mass is 10.1. The van der Waals surface area contributed by atoms with Crippen molar-refractivity contribution in [2.45, 2.75) is 13.0 Å². The molecule has 10 nitrogen and oxygen atoms in total. The van der Waals surface area contributed by atoms with Crippen LogP contribution in [0, 0.1) is 10.1 Å². The van der Waals surface area contributed by atoms with Crippen molar-refractivity contribution in [2.24, 2.45) is 0 Å². The lowest BCUT2D eigenvalue weighted by molar-refractivity contribution is -0.384. The third-order valence-corrected chi connectivity index (χ3v) is 4.53. The number of nitrogens with zero attached hydrogens (tertiary/aromatic N) is 1. The van der Waals surface area contributed by atoms with Gasteiger partial charge >= 0.3 is 5.97 Å². The van der Waals surface area contributed by atoms with E-state index in [2.05, 4.69) is 10.6 Å². The molecule has 3 aromatic rings. The molecular weight excluding hydrogens is 442 g/mol. The first-order valence-corrected chi connectivity index (χ1v) is 9.53. The third kappa shape index (κ3) is 5.29. The Labute approximate surface area is 186 Å². The van der Waals surface area contributed by atoms with Crippen LogP contribution in [-0.2, 0) is 9.53 Å². The fraction of sp³-hybridized carbons (Fsp3) is 0.0952. The minimum Gasteiger partial charge on any atom is -0.459 e. The standard InChI is InChI=1S/C21H16ClN3O7/c1-12(19(26)24-17-9-8-13(25(29)30)11-15(17)22)32-21(28)14-5-2-3-6-16(14)23-20(27)18-7-4-10-31-18/h2-12H,1H3,(H,23,27)(H,24,26)/t12-/m0/s1. The molecule has 0 aliphatic heterocycles. The molecule has 1 aromatic heterocycles. The first kappa shape index (κ1) is 22.5. The van der Waals surface area contributed by atoms with E-state index in [0.29, 0.717) is 0 Å². The minimum absolute atomic E-state index is 0.0282. The number of nitro benzene ring substituents is 1. The summed E-state index contributed by atoms with van der Waals surface area (Å²) in [6.07, 6.45) is 0.106. The SMILES string of the molecule is C[C@H](OC(=O)c1ccccc1NC(=O)c1ccco1)C(=O)Nc1ccc([N+](=O)[O-])cc1Cl. The van der Waals surface area contributed by atoms with Crippen LogP contribution in [0.2, 0.25) is 5.02 Å². The molecule has 0 spiro atoms. The number of benzene rings is 2. The van der Waals surface area contributed by atoms with Gasteiger partial charge in [-0.15, -0.1) is 0 Å². The lowest BCUT2D eigenvalue weighted by Crippen LogP contribution is -2.30. The predicted molar refractivity (Wildman–Crippen MR) is 115 cm³/mol. The van der Waals surface area contributed by atoms with Crippen LogP contribution in [0.15, 0.2) is 65.3 Å². The molecule has 0 bridgehead atoms. The van der Waals surface area contributed by atoms with E-state index in [1.165, 1.54) is 43.5 Å². The average Bonchev–Trinajstić information content (AvgIpc) is 3.30. The van der Waals surface area contributed by atoms with Gasteiger partial charge in [-0.25, -0.2) is 4.79 Å². The van der Waals surface area contributed by atoms with Crippen LogP contribution in [0.5, 0.6) is 0 Å². The average molecular weight is 458 g/mol. The molecular formula is C21H16ClN3O7. The Morgan fingerprint density at radius 3 is 2.47 bits per heavy atom. The van der Waals surface area contributed by atoms with Crippen LogP contribution in [0.4, 0.5) is 17.1 Å². The predicted octanol–water partition coefficient (Wildman–Crippen LogP) is 4.28. The molecule has 11 heteroatoms. The number of carbonyl (C=O) groups is 3. The molecule has 0 aliphatic rings. The van der Waals surface area contributed by atoms with Gasteiger partial charge in [-0.1, -0.05) is 23.7 Å². The molecule has 2 amide bonds. The molecule has 3 rings (SSSR count). The monoisotopic (exact) mass is 457 g/mol. The van der Waals surface area contributed by atoms with E-state index in [0.717, 1.165) is 6.07 Å². The first-order chi connectivity index (χ1) is 15.3. The second kappa shape index (κ2) is 9.75. The Kier molecular flexibility index (Phi) is 6.86. The smallest absolute Gasteiger partial charge is 0.341 e. The van der Waals surface area contributed by atoms with Crippen LogP contribution in [-0.4, -0.2) is 28.8 Å². The zero-order valence-electron chi connectivity index (χ0n) is 16.5. The van der Waals surface area contributed by atoms with Gasteiger partial charge in [0.15, 0.2) is 11.9 Å². The minimum atomic E-state index is -1.23. The topological polar surface area (TPSA) is 141 Å². The highest BCUT2D eigenvalue weighted by atomic mass is 35.5. The number of nitro groups is 1. The number of anilines is 2. The molecule has 2 N–H and O–H groups in total. The van der Waals surface area contributed by atoms with Crippen molar-refractivity contribution in [2.75, 3.05) is 10.6 Å². The van der Waals surface area contributed by atoms with Crippen molar-refractivity contribution in [3.05, 3.63) is 87.3 Å². The number of non-ortho nitro benzene ring substituents is 1. The summed E-state index contributed by atoms with van der Waals surface area (Å²) in [5.74, 6) is -2.06. The highest BCUT2D eigenvalue weighted by molar-refractivity contribution is 6.34. The van der Waals surface area contributed by atoms with E-state index in [1.807, 2.05) is 0 Å². The molecule has 0 fully saturated rings. The Bertz CT molecular complexity index is 1180. The second-order valence-corrected chi connectivity index (χ2v) is 6.84. The Hall–Kier alpha value is -4.18. The normalized spacial score (nSPS) is 11.3. The molecule has 164 valence electrons. The lowest BCUT2D eigenvalue weighted by Gasteiger charge is -2.15. The number of furan rings is 1. The zero-order valence-corrected chi connectivity index (χ0v) is 17.3. The summed E-state index contributed by atoms with van der Waals surface area (Å²) in [6.45, 7) is 1.34. The van der Waals surface area contributed by atoms with E-state index in [9.17, 15) is 24.5 Å². The van der Waals surface area contributed by atoms with Crippen molar-refractivity contribution in [3.8, 4) is 0 Å². The van der Waals surface area contributed by atoms with E-state index < -0.39 is 28.8 Å². The maximum absolute atomic E-state index is 12.6. The molecule has 32 heavy (non-hydrogen) atoms. The summed E-state index contributed by atoms with van der Waals surface area (Å²) < 4.78 is 10.2. The van der Waals surface area contributed by atoms with Gasteiger partial charge in [-0.05, 0) is 37.3 Å². The van der Waals surface area contributed by atoms with Gasteiger partial charge < -0.3 is 19.8 Å². The Balaban J connectivity index is 1.67. The molecule has 0 radical (unpaired) electrons. The largest absolute Gasteiger partial charge is 0.459 e. The molecule has 1 heterocycles. The second-order valence-electron chi connectivity index (χ2n) is 6.44. The molecule has 0 aliphatic carbocycles. The van der Waals surface area contributed by atoms with Gasteiger partial charge in [-0.3, -0.25) is 19.7 Å². The Morgan fingerprint density at radius 1 is 1.06 bits per heavy atom. The van der Waals surface area contributed by atoms with Gasteiger partial charge in [0.25, 0.3) is 17.5 Å². The van der Waals surface area contributed by atoms with Crippen molar-refractivity contribution < 1.29 is 28.5 Å². The van der Waals surface area contributed by atoms with Crippen LogP contribution in [0.25, 0.3) is 0 Å². The van der Waals surface area contributed by atoms with E-state index in [1.54, 1.807) is 18.2 Å². The van der Waals surface area contributed by atoms with Crippen LogP contribution in [0.1, 0.15) is 27.8 Å². The zero-order chi connectivity index (χ0) is 23.3. The number of amides is 2. The van der Waals surface area contributed by atoms with Gasteiger partial charge in [-0.2, -0.15) is 0 Å². The molecule has 0 saturated carbocycles. The van der Waals surface area contributed by atoms with Crippen molar-refractivity contribution in [3.63, 3.8) is 0 Å². The molecule has 2 aromatic carbocycles. The number of ether oxygens (including phenoxy) is 1. The molecule has 0 saturated heterocycles. The number of esters is 1. The molecule has 1 atom stereocenters. The quantitative estimate of drug-likeness (QED) is 0.306. The summed E-state index contributed by atoms with van der Waals surface area (Å²) in [5.41, 5.74) is 0.0855. The van der Waals surface area contributed by atoms with Crippen molar-refractivity contribution in [1.82, 2.24) is 0 Å². The van der Waals surface area contributed by atoms with Gasteiger partial charge in [0.1, 0.15) is 0 Å². The van der Waals surface area contributed by atoms with Crippen LogP contribution >= 0.6 is 11.6 Å². The summed E-state index contributed by atoms with van der Waals surface area (Å²) in [7, 11) is 0. The molecule has 0 unspecified atom stereocenters. The summed E-state index contributed by atoms with van der Waals surface area (Å²) in [6, 6.07) is 12.7. The highest BCUT2D eigenvalue weighted by Gasteiger charge is 2.23. The number of halogens is 1. The highest BCUT2D eigenvalue weighted by Crippen LogP contribution is 2.27. The summed E-state index contributed by atoms with van der Waals surface area (Å²) in [4.78, 5) is 47.4. The number of para-hydroxylation sites is 1. The summed E-state index contributed by atoms with van der Waals surface area (Å²) in [5, 5.41) is 15.7. The number of carbonyl (C=O) groups excluding carboxylic acids is 3. The van der Waals surface area contributed by atoms with E-state index in [-0.39, 0.29) is 33.4 Å². The fourth-order valence-electron chi connectivity index (χ4n) is 2.59. The van der Waals surface area contributed by atoms with Crippen molar-refractivity contribution in [1.29, 1.82) is 0 Å². The van der Waals surface area contributed by atoms with E-state index >= 15 is 0 Å². The van der Waals surface area contributed by atoms with E-state index in [4.69, 9.17) is 20.8 Å². The van der Waals surface area contributed by atoms with Gasteiger partial charge in [0.05, 0.1) is 33.1 Å². The number of hydrogen-bond acceptors (Lipinski definition) is 7. The van der Waals surface area contributed by atoms with Gasteiger partial charge in [0, 0.05) is 12.1 Å². The number of hydrogen-bond donors (Lipinski definition) is 2. The summed E-state index contributed by atoms with van der Waals surface area (Å²) >= 11 is 5.96.